The average molecular weight is 305 g/mol. The Hall–Kier alpha value is -1.78. The minimum atomic E-state index is -0.591. The van der Waals surface area contributed by atoms with Crippen LogP contribution in [0.15, 0.2) is 36.5 Å². The van der Waals surface area contributed by atoms with Crippen molar-refractivity contribution in [3.05, 3.63) is 58.4 Å². The maximum Gasteiger partial charge on any atom is 0.268 e. The van der Waals surface area contributed by atoms with Crippen LogP contribution in [-0.4, -0.2) is 21.7 Å². The van der Waals surface area contributed by atoms with Crippen LogP contribution in [-0.2, 0) is 13.0 Å². The zero-order chi connectivity index (χ0) is 15.0. The summed E-state index contributed by atoms with van der Waals surface area (Å²) in [5.74, 6) is -0.218. The predicted octanol–water partition coefficient (Wildman–Crippen LogP) is 2.55. The van der Waals surface area contributed by atoms with Gasteiger partial charge in [0.15, 0.2) is 0 Å². The molecule has 2 aromatic rings. The monoisotopic (exact) mass is 304 g/mol. The highest BCUT2D eigenvalue weighted by Gasteiger charge is 2.32. The number of halogens is 1. The van der Waals surface area contributed by atoms with Crippen LogP contribution in [0.25, 0.3) is 0 Å². The molecule has 21 heavy (non-hydrogen) atoms. The van der Waals surface area contributed by atoms with Gasteiger partial charge in [-0.2, -0.15) is 0 Å². The lowest BCUT2D eigenvalue weighted by Crippen LogP contribution is -2.34. The van der Waals surface area contributed by atoms with Crippen LogP contribution < -0.4 is 5.32 Å². The second-order valence-corrected chi connectivity index (χ2v) is 5.69. The first-order valence-corrected chi connectivity index (χ1v) is 7.40. The third kappa shape index (κ3) is 2.57. The Morgan fingerprint density at radius 2 is 2.24 bits per heavy atom. The molecule has 1 aromatic heterocycles. The number of aryl methyl sites for hydroxylation is 1. The highest BCUT2D eigenvalue weighted by molar-refractivity contribution is 6.31. The molecule has 1 aliphatic rings. The second kappa shape index (κ2) is 5.54. The zero-order valence-electron chi connectivity index (χ0n) is 11.7. The minimum absolute atomic E-state index is 0.218. The maximum atomic E-state index is 12.4. The maximum absolute atomic E-state index is 12.4. The fourth-order valence-electron chi connectivity index (χ4n) is 2.89. The molecule has 0 bridgehead atoms. The summed E-state index contributed by atoms with van der Waals surface area (Å²) >= 11 is 5.96. The Morgan fingerprint density at radius 3 is 3.00 bits per heavy atom. The van der Waals surface area contributed by atoms with Gasteiger partial charge < -0.3 is 15.0 Å². The Morgan fingerprint density at radius 1 is 1.48 bits per heavy atom. The second-order valence-electron chi connectivity index (χ2n) is 5.25. The van der Waals surface area contributed by atoms with E-state index in [-0.39, 0.29) is 11.9 Å². The van der Waals surface area contributed by atoms with Gasteiger partial charge in [-0.15, -0.1) is 0 Å². The number of aromatic nitrogens is 1. The number of nitrogens with zero attached hydrogens (tertiary/aromatic N) is 1. The normalized spacial score (nSPS) is 20.3. The number of aliphatic hydroxyl groups excluding tert-OH is 1. The van der Waals surface area contributed by atoms with Gasteiger partial charge in [0.1, 0.15) is 5.69 Å². The lowest BCUT2D eigenvalue weighted by molar-refractivity contribution is 0.0849. The topological polar surface area (TPSA) is 54.3 Å². The van der Waals surface area contributed by atoms with E-state index in [0.717, 1.165) is 11.1 Å². The van der Waals surface area contributed by atoms with Gasteiger partial charge in [-0.3, -0.25) is 4.79 Å². The van der Waals surface area contributed by atoms with Crippen LogP contribution in [0.4, 0.5) is 0 Å². The van der Waals surface area contributed by atoms with Crippen molar-refractivity contribution in [2.45, 2.75) is 32.0 Å². The van der Waals surface area contributed by atoms with E-state index in [1.807, 2.05) is 31.2 Å². The number of nitrogens with one attached hydrogen (secondary N) is 1. The molecule has 2 atom stereocenters. The fourth-order valence-corrected chi connectivity index (χ4v) is 3.11. The highest BCUT2D eigenvalue weighted by Crippen LogP contribution is 2.31. The van der Waals surface area contributed by atoms with Gasteiger partial charge in [-0.1, -0.05) is 35.9 Å². The smallest absolute Gasteiger partial charge is 0.268 e. The minimum Gasteiger partial charge on any atom is -0.390 e. The van der Waals surface area contributed by atoms with Crippen molar-refractivity contribution >= 4 is 17.5 Å². The van der Waals surface area contributed by atoms with E-state index in [1.165, 1.54) is 0 Å². The summed E-state index contributed by atoms with van der Waals surface area (Å²) in [7, 11) is 0. The third-order valence-corrected chi connectivity index (χ3v) is 4.13. The average Bonchev–Trinajstić information content (AvgIpc) is 3.00. The van der Waals surface area contributed by atoms with E-state index >= 15 is 0 Å². The van der Waals surface area contributed by atoms with Gasteiger partial charge in [0.05, 0.1) is 17.2 Å². The zero-order valence-corrected chi connectivity index (χ0v) is 12.5. The summed E-state index contributed by atoms with van der Waals surface area (Å²) in [5, 5.41) is 13.6. The van der Waals surface area contributed by atoms with Crippen molar-refractivity contribution < 1.29 is 9.90 Å². The van der Waals surface area contributed by atoms with Crippen LogP contribution >= 0.6 is 11.6 Å². The number of carbonyl (C=O) groups is 1. The van der Waals surface area contributed by atoms with Crippen LogP contribution in [0.5, 0.6) is 0 Å². The van der Waals surface area contributed by atoms with Gasteiger partial charge in [-0.05, 0) is 24.1 Å². The Balaban J connectivity index is 1.85. The first-order valence-electron chi connectivity index (χ1n) is 7.02. The molecule has 1 aliphatic carbocycles. The van der Waals surface area contributed by atoms with Crippen molar-refractivity contribution in [2.75, 3.05) is 0 Å². The van der Waals surface area contributed by atoms with Crippen molar-refractivity contribution in [3.63, 3.8) is 0 Å². The van der Waals surface area contributed by atoms with Gasteiger partial charge in [0, 0.05) is 19.2 Å². The Labute approximate surface area is 128 Å². The van der Waals surface area contributed by atoms with Gasteiger partial charge in [-0.25, -0.2) is 0 Å². The highest BCUT2D eigenvalue weighted by atomic mass is 35.5. The largest absolute Gasteiger partial charge is 0.390 e. The number of carbonyl (C=O) groups excluding carboxylic acids is 1. The number of amides is 1. The predicted molar refractivity (Wildman–Crippen MR) is 81.5 cm³/mol. The fraction of sp³-hybridized carbons (Fsp3) is 0.312. The number of benzene rings is 1. The summed E-state index contributed by atoms with van der Waals surface area (Å²) in [6.07, 6.45) is 1.71. The lowest BCUT2D eigenvalue weighted by atomic mass is 10.1. The van der Waals surface area contributed by atoms with E-state index in [0.29, 0.717) is 23.7 Å². The molecule has 1 amide bonds. The third-order valence-electron chi connectivity index (χ3n) is 3.93. The molecule has 0 saturated carbocycles. The first-order chi connectivity index (χ1) is 10.1. The number of hydrogen-bond acceptors (Lipinski definition) is 2. The molecule has 5 heteroatoms. The number of rotatable bonds is 3. The molecule has 1 aromatic carbocycles. The van der Waals surface area contributed by atoms with Crippen LogP contribution in [0, 0.1) is 0 Å². The van der Waals surface area contributed by atoms with Crippen LogP contribution in [0.3, 0.4) is 0 Å². The van der Waals surface area contributed by atoms with Gasteiger partial charge in [0.2, 0.25) is 0 Å². The SMILES string of the molecule is CCn1cc(Cl)cc1C(=O)N[C@@H]1c2ccccc2C[C@@H]1O. The number of aliphatic hydroxyl groups is 1. The molecule has 0 fully saturated rings. The van der Waals surface area contributed by atoms with E-state index in [4.69, 9.17) is 11.6 Å². The molecule has 0 radical (unpaired) electrons. The van der Waals surface area contributed by atoms with Crippen molar-refractivity contribution in [1.82, 2.24) is 9.88 Å². The summed E-state index contributed by atoms with van der Waals surface area (Å²) in [5.41, 5.74) is 2.58. The summed E-state index contributed by atoms with van der Waals surface area (Å²) in [6, 6.07) is 9.07. The molecule has 1 heterocycles. The first kappa shape index (κ1) is 14.2. The molecular formula is C16H17ClN2O2. The Kier molecular flexibility index (Phi) is 3.74. The molecule has 4 nitrogen and oxygen atoms in total. The molecule has 0 spiro atoms. The van der Waals surface area contributed by atoms with Gasteiger partial charge >= 0.3 is 0 Å². The molecule has 0 aliphatic heterocycles. The Bertz CT molecular complexity index is 681. The van der Waals surface area contributed by atoms with Crippen LogP contribution in [0.1, 0.15) is 34.6 Å². The van der Waals surface area contributed by atoms with Crippen molar-refractivity contribution in [1.29, 1.82) is 0 Å². The van der Waals surface area contributed by atoms with Crippen molar-refractivity contribution in [3.8, 4) is 0 Å². The molecule has 110 valence electrons. The van der Waals surface area contributed by atoms with Crippen molar-refractivity contribution in [2.24, 2.45) is 0 Å². The van der Waals surface area contributed by atoms with E-state index in [9.17, 15) is 9.90 Å². The quantitative estimate of drug-likeness (QED) is 0.915. The van der Waals surface area contributed by atoms with Crippen LogP contribution in [0.2, 0.25) is 5.02 Å². The summed E-state index contributed by atoms with van der Waals surface area (Å²) in [4.78, 5) is 12.4. The van der Waals surface area contributed by atoms with E-state index < -0.39 is 6.10 Å². The molecule has 0 unspecified atom stereocenters. The van der Waals surface area contributed by atoms with E-state index in [2.05, 4.69) is 5.32 Å². The number of fused-ring (bicyclic) bond motifs is 1. The number of hydrogen-bond donors (Lipinski definition) is 2. The summed E-state index contributed by atoms with van der Waals surface area (Å²) in [6.45, 7) is 2.62. The molecule has 3 rings (SSSR count). The molecule has 0 saturated heterocycles. The molecule has 2 N–H and O–H groups in total. The van der Waals surface area contributed by atoms with E-state index in [1.54, 1.807) is 16.8 Å². The standard InChI is InChI=1S/C16H17ClN2O2/c1-2-19-9-11(17)8-13(19)16(21)18-15-12-6-4-3-5-10(12)7-14(15)20/h3-6,8-9,14-15,20H,2,7H2,1H3,(H,18,21)/t14-,15+/m0/s1. The lowest BCUT2D eigenvalue weighted by Gasteiger charge is -2.18. The van der Waals surface area contributed by atoms with Gasteiger partial charge in [0.25, 0.3) is 5.91 Å². The molecular weight excluding hydrogens is 288 g/mol. The summed E-state index contributed by atoms with van der Waals surface area (Å²) < 4.78 is 1.80.